The fourth-order valence-corrected chi connectivity index (χ4v) is 2.16. The molecule has 1 aromatic heterocycles. The van der Waals surface area contributed by atoms with Crippen LogP contribution in [0.5, 0.6) is 5.75 Å². The minimum absolute atomic E-state index is 0.110. The molecule has 0 saturated carbocycles. The average molecular weight is 294 g/mol. The summed E-state index contributed by atoms with van der Waals surface area (Å²) in [5, 5.41) is 17.7. The van der Waals surface area contributed by atoms with Gasteiger partial charge in [0.15, 0.2) is 16.7 Å². The van der Waals surface area contributed by atoms with Gasteiger partial charge in [0.2, 0.25) is 0 Å². The van der Waals surface area contributed by atoms with Crippen LogP contribution in [0.1, 0.15) is 10.4 Å². The summed E-state index contributed by atoms with van der Waals surface area (Å²) in [5.74, 6) is -0.00910. The summed E-state index contributed by atoms with van der Waals surface area (Å²) in [7, 11) is 1.34. The first-order valence-electron chi connectivity index (χ1n) is 5.45. The first-order chi connectivity index (χ1) is 9.61. The fraction of sp³-hybridized carbons (Fsp3) is 0.182. The number of nitrogens with one attached hydrogen (secondary N) is 1. The first-order valence-corrected chi connectivity index (χ1v) is 6.44. The number of H-pyrrole nitrogens is 1. The number of rotatable bonds is 6. The second kappa shape index (κ2) is 6.15. The zero-order valence-corrected chi connectivity index (χ0v) is 11.2. The van der Waals surface area contributed by atoms with Crippen molar-refractivity contribution < 1.29 is 14.5 Å². The van der Waals surface area contributed by atoms with Crippen molar-refractivity contribution in [2.45, 2.75) is 5.16 Å². The number of nitro groups is 1. The van der Waals surface area contributed by atoms with E-state index in [1.807, 2.05) is 0 Å². The highest BCUT2D eigenvalue weighted by Crippen LogP contribution is 2.28. The molecule has 0 aliphatic rings. The number of nitrogens with zero attached hydrogens (tertiary/aromatic N) is 3. The maximum Gasteiger partial charge on any atom is 0.311 e. The van der Waals surface area contributed by atoms with Gasteiger partial charge in [0.1, 0.15) is 6.33 Å². The van der Waals surface area contributed by atoms with Crippen LogP contribution in [0, 0.1) is 10.1 Å². The zero-order valence-electron chi connectivity index (χ0n) is 10.4. The average Bonchev–Trinajstić information content (AvgIpc) is 2.97. The summed E-state index contributed by atoms with van der Waals surface area (Å²) in [6.45, 7) is 0. The maximum atomic E-state index is 12.0. The molecular formula is C11H10N4O4S. The molecule has 1 aromatic carbocycles. The highest BCUT2D eigenvalue weighted by molar-refractivity contribution is 7.99. The van der Waals surface area contributed by atoms with Gasteiger partial charge in [-0.2, -0.15) is 5.10 Å². The van der Waals surface area contributed by atoms with Crippen molar-refractivity contribution in [1.82, 2.24) is 15.2 Å². The highest BCUT2D eigenvalue weighted by Gasteiger charge is 2.18. The van der Waals surface area contributed by atoms with Crippen LogP contribution in [0.4, 0.5) is 5.69 Å². The van der Waals surface area contributed by atoms with Crippen LogP contribution in [0.25, 0.3) is 0 Å². The molecule has 0 unspecified atom stereocenters. The Balaban J connectivity index is 2.13. The van der Waals surface area contributed by atoms with Gasteiger partial charge in [0.25, 0.3) is 0 Å². The number of carbonyl (C=O) groups is 1. The van der Waals surface area contributed by atoms with Gasteiger partial charge in [0.05, 0.1) is 17.8 Å². The Morgan fingerprint density at radius 3 is 2.95 bits per heavy atom. The normalized spacial score (nSPS) is 10.2. The van der Waals surface area contributed by atoms with Gasteiger partial charge in [-0.25, -0.2) is 4.98 Å². The van der Waals surface area contributed by atoms with Gasteiger partial charge >= 0.3 is 5.69 Å². The molecule has 20 heavy (non-hydrogen) atoms. The SMILES string of the molecule is COc1ccc(C(=O)CSc2ncn[nH]2)cc1[N+](=O)[O-]. The van der Waals surface area contributed by atoms with Crippen molar-refractivity contribution >= 4 is 23.2 Å². The molecule has 0 bridgehead atoms. The maximum absolute atomic E-state index is 12.0. The van der Waals surface area contributed by atoms with Gasteiger partial charge in [-0.1, -0.05) is 11.8 Å². The molecule has 2 aromatic rings. The van der Waals surface area contributed by atoms with Crippen molar-refractivity contribution in [3.63, 3.8) is 0 Å². The number of aromatic nitrogens is 3. The number of benzene rings is 1. The number of thioether (sulfide) groups is 1. The topological polar surface area (TPSA) is 111 Å². The van der Waals surface area contributed by atoms with Gasteiger partial charge in [-0.15, -0.1) is 0 Å². The quantitative estimate of drug-likeness (QED) is 0.373. The molecule has 1 heterocycles. The van der Waals surface area contributed by atoms with Crippen LogP contribution in [0.3, 0.4) is 0 Å². The van der Waals surface area contributed by atoms with Crippen molar-refractivity contribution in [1.29, 1.82) is 0 Å². The Morgan fingerprint density at radius 1 is 1.55 bits per heavy atom. The Morgan fingerprint density at radius 2 is 2.35 bits per heavy atom. The molecule has 9 heteroatoms. The van der Waals surface area contributed by atoms with Crippen molar-refractivity contribution in [2.24, 2.45) is 0 Å². The lowest BCUT2D eigenvalue weighted by molar-refractivity contribution is -0.385. The lowest BCUT2D eigenvalue weighted by atomic mass is 10.1. The molecular weight excluding hydrogens is 284 g/mol. The smallest absolute Gasteiger partial charge is 0.311 e. The Hall–Kier alpha value is -2.42. The summed E-state index contributed by atoms with van der Waals surface area (Å²) >= 11 is 1.17. The van der Waals surface area contributed by atoms with Crippen LogP contribution in [0.15, 0.2) is 29.7 Å². The molecule has 0 saturated heterocycles. The van der Waals surface area contributed by atoms with E-state index in [0.29, 0.717) is 5.16 Å². The van der Waals surface area contributed by atoms with Gasteiger partial charge in [0, 0.05) is 11.6 Å². The minimum Gasteiger partial charge on any atom is -0.490 e. The lowest BCUT2D eigenvalue weighted by Crippen LogP contribution is -2.04. The van der Waals surface area contributed by atoms with E-state index in [-0.39, 0.29) is 28.5 Å². The number of nitro benzene ring substituents is 1. The second-order valence-corrected chi connectivity index (χ2v) is 4.61. The summed E-state index contributed by atoms with van der Waals surface area (Å²) in [5.41, 5.74) is 0.0209. The molecule has 0 atom stereocenters. The summed E-state index contributed by atoms with van der Waals surface area (Å²) in [4.78, 5) is 26.1. The molecule has 1 N–H and O–H groups in total. The van der Waals surface area contributed by atoms with Crippen LogP contribution in [-0.2, 0) is 0 Å². The predicted molar refractivity (Wildman–Crippen MR) is 71.1 cm³/mol. The second-order valence-electron chi connectivity index (χ2n) is 3.65. The van der Waals surface area contributed by atoms with Gasteiger partial charge in [-0.05, 0) is 12.1 Å². The molecule has 0 fully saturated rings. The monoisotopic (exact) mass is 294 g/mol. The molecule has 0 spiro atoms. The van der Waals surface area contributed by atoms with Crippen molar-refractivity contribution in [3.05, 3.63) is 40.2 Å². The predicted octanol–water partition coefficient (Wildman–Crippen LogP) is 1.70. The number of methoxy groups -OCH3 is 1. The third kappa shape index (κ3) is 3.12. The molecule has 0 aliphatic heterocycles. The number of Topliss-reactive ketones (excluding diaryl/α,β-unsaturated/α-hetero) is 1. The number of hydrogen-bond acceptors (Lipinski definition) is 7. The molecule has 0 aliphatic carbocycles. The zero-order chi connectivity index (χ0) is 14.5. The van der Waals surface area contributed by atoms with Gasteiger partial charge < -0.3 is 4.74 Å². The van der Waals surface area contributed by atoms with E-state index < -0.39 is 4.92 Å². The third-order valence-electron chi connectivity index (χ3n) is 2.43. The Bertz CT molecular complexity index is 629. The number of hydrogen-bond donors (Lipinski definition) is 1. The fourth-order valence-electron chi connectivity index (χ4n) is 1.49. The van der Waals surface area contributed by atoms with Crippen molar-refractivity contribution in [3.8, 4) is 5.75 Å². The van der Waals surface area contributed by atoms with Crippen LogP contribution >= 0.6 is 11.8 Å². The van der Waals surface area contributed by atoms with E-state index >= 15 is 0 Å². The molecule has 2 rings (SSSR count). The largest absolute Gasteiger partial charge is 0.490 e. The van der Waals surface area contributed by atoms with E-state index in [2.05, 4.69) is 15.2 Å². The van der Waals surface area contributed by atoms with Gasteiger partial charge in [-0.3, -0.25) is 20.0 Å². The van der Waals surface area contributed by atoms with E-state index in [9.17, 15) is 14.9 Å². The van der Waals surface area contributed by atoms with E-state index in [1.165, 1.54) is 43.4 Å². The Labute approximate surface area is 117 Å². The molecule has 8 nitrogen and oxygen atoms in total. The van der Waals surface area contributed by atoms with Crippen LogP contribution in [0.2, 0.25) is 0 Å². The number of ketones is 1. The molecule has 104 valence electrons. The van der Waals surface area contributed by atoms with Crippen molar-refractivity contribution in [2.75, 3.05) is 12.9 Å². The van der Waals surface area contributed by atoms with E-state index in [0.717, 1.165) is 0 Å². The van der Waals surface area contributed by atoms with E-state index in [1.54, 1.807) is 0 Å². The number of carbonyl (C=O) groups excluding carboxylic acids is 1. The summed E-state index contributed by atoms with van der Waals surface area (Å²) in [6, 6.07) is 4.11. The van der Waals surface area contributed by atoms with E-state index in [4.69, 9.17) is 4.74 Å². The third-order valence-corrected chi connectivity index (χ3v) is 3.31. The standard InChI is InChI=1S/C11H10N4O4S/c1-19-10-3-2-7(4-8(10)15(17)18)9(16)5-20-11-12-6-13-14-11/h2-4,6H,5H2,1H3,(H,12,13,14). The first kappa shape index (κ1) is 14.0. The van der Waals surface area contributed by atoms with Crippen LogP contribution in [-0.4, -0.2) is 38.8 Å². The molecule has 0 radical (unpaired) electrons. The molecule has 0 amide bonds. The Kier molecular flexibility index (Phi) is 4.31. The summed E-state index contributed by atoms with van der Waals surface area (Å²) in [6.07, 6.45) is 1.34. The minimum atomic E-state index is -0.584. The number of ether oxygens (including phenoxy) is 1. The number of aromatic amines is 1. The highest BCUT2D eigenvalue weighted by atomic mass is 32.2. The summed E-state index contributed by atoms with van der Waals surface area (Å²) < 4.78 is 4.88. The van der Waals surface area contributed by atoms with Crippen LogP contribution < -0.4 is 4.74 Å². The lowest BCUT2D eigenvalue weighted by Gasteiger charge is -2.04.